The van der Waals surface area contributed by atoms with Gasteiger partial charge in [-0.05, 0) is 66.9 Å². The van der Waals surface area contributed by atoms with Crippen LogP contribution in [0.25, 0.3) is 23.3 Å². The van der Waals surface area contributed by atoms with Crippen molar-refractivity contribution in [2.45, 2.75) is 77.6 Å². The highest BCUT2D eigenvalue weighted by molar-refractivity contribution is 5.74. The zero-order valence-electron chi connectivity index (χ0n) is 20.2. The van der Waals surface area contributed by atoms with Gasteiger partial charge in [-0.2, -0.15) is 5.10 Å². The lowest BCUT2D eigenvalue weighted by Gasteiger charge is -2.32. The van der Waals surface area contributed by atoms with Crippen LogP contribution in [0.5, 0.6) is 0 Å². The molecule has 1 atom stereocenters. The van der Waals surface area contributed by atoms with Gasteiger partial charge in [0.05, 0.1) is 5.35 Å². The maximum atomic E-state index is 4.98. The summed E-state index contributed by atoms with van der Waals surface area (Å²) in [7, 11) is 0. The van der Waals surface area contributed by atoms with Gasteiger partial charge in [0.15, 0.2) is 0 Å². The molecule has 1 heterocycles. The van der Waals surface area contributed by atoms with Crippen LogP contribution in [0.2, 0.25) is 0 Å². The molecule has 1 aromatic heterocycles. The molecule has 1 fully saturated rings. The fraction of sp³-hybridized carbons (Fsp3) is 0.452. The molecule has 1 saturated carbocycles. The van der Waals surface area contributed by atoms with Crippen molar-refractivity contribution in [3.05, 3.63) is 75.3 Å². The van der Waals surface area contributed by atoms with E-state index in [0.29, 0.717) is 5.92 Å². The van der Waals surface area contributed by atoms with Crippen LogP contribution in [0.15, 0.2) is 48.6 Å². The first kappa shape index (κ1) is 22.2. The SMILES string of the molecule is CCCCC(C1=c2c(C3=c4ccccc4=CCCC=C3)n[nH]c2=CC=CC1)C1CCCCC1. The Morgan fingerprint density at radius 2 is 1.94 bits per heavy atom. The van der Waals surface area contributed by atoms with Gasteiger partial charge in [0.25, 0.3) is 0 Å². The third kappa shape index (κ3) is 4.71. The molecule has 33 heavy (non-hydrogen) atoms. The van der Waals surface area contributed by atoms with Crippen LogP contribution < -0.4 is 21.0 Å². The number of hydrogen-bond acceptors (Lipinski definition) is 1. The minimum absolute atomic E-state index is 0.663. The number of aromatic nitrogens is 2. The first-order chi connectivity index (χ1) is 16.4. The Bertz CT molecular complexity index is 1260. The molecule has 0 spiro atoms. The molecule has 5 rings (SSSR count). The Balaban J connectivity index is 1.78. The number of hydrogen-bond donors (Lipinski definition) is 1. The van der Waals surface area contributed by atoms with Crippen LogP contribution in [-0.4, -0.2) is 10.2 Å². The summed E-state index contributed by atoms with van der Waals surface area (Å²) in [6.45, 7) is 2.33. The van der Waals surface area contributed by atoms with Crippen molar-refractivity contribution in [1.82, 2.24) is 10.2 Å². The molecule has 2 heteroatoms. The highest BCUT2D eigenvalue weighted by Crippen LogP contribution is 2.38. The third-order valence-corrected chi connectivity index (χ3v) is 7.88. The van der Waals surface area contributed by atoms with Gasteiger partial charge in [0.2, 0.25) is 0 Å². The molecule has 0 saturated heterocycles. The highest BCUT2D eigenvalue weighted by Gasteiger charge is 2.28. The fourth-order valence-electron chi connectivity index (χ4n) is 6.20. The molecule has 0 amide bonds. The maximum absolute atomic E-state index is 4.98. The number of rotatable bonds is 6. The Morgan fingerprint density at radius 1 is 1.06 bits per heavy atom. The van der Waals surface area contributed by atoms with E-state index >= 15 is 0 Å². The van der Waals surface area contributed by atoms with Crippen molar-refractivity contribution >= 4 is 23.3 Å². The van der Waals surface area contributed by atoms with Gasteiger partial charge in [-0.15, -0.1) is 0 Å². The second kappa shape index (κ2) is 10.5. The molecule has 2 aromatic rings. The lowest BCUT2D eigenvalue weighted by molar-refractivity contribution is 0.275. The standard InChI is InChI=1S/C31H38N2/c1-2-3-18-25(23-14-6-4-7-15-23)27-20-12-13-22-29-30(27)31(33-32-29)28-21-9-5-8-16-24-17-10-11-19-26(24)28/h9-13,16-17,19,21-23,25,32H,2-8,14-15,18,20H2,1H3. The molecule has 0 radical (unpaired) electrons. The summed E-state index contributed by atoms with van der Waals surface area (Å²) >= 11 is 0. The molecule has 1 unspecified atom stereocenters. The normalized spacial score (nSPS) is 19.5. The van der Waals surface area contributed by atoms with E-state index in [1.807, 2.05) is 0 Å². The second-order valence-electron chi connectivity index (χ2n) is 10.0. The summed E-state index contributed by atoms with van der Waals surface area (Å²) in [4.78, 5) is 0. The number of allylic oxidation sites excluding steroid dienone is 4. The van der Waals surface area contributed by atoms with E-state index in [9.17, 15) is 0 Å². The Labute approximate surface area is 198 Å². The van der Waals surface area contributed by atoms with Crippen molar-refractivity contribution in [1.29, 1.82) is 0 Å². The van der Waals surface area contributed by atoms with Crippen LogP contribution in [0, 0.1) is 11.8 Å². The van der Waals surface area contributed by atoms with Gasteiger partial charge in [-0.3, -0.25) is 5.10 Å². The van der Waals surface area contributed by atoms with Crippen molar-refractivity contribution in [3.8, 4) is 0 Å². The molecule has 0 aliphatic heterocycles. The Hall–Kier alpha value is -2.61. The van der Waals surface area contributed by atoms with Crippen LogP contribution in [0.1, 0.15) is 83.2 Å². The maximum Gasteiger partial charge on any atom is 0.100 e. The number of nitrogens with one attached hydrogen (secondary N) is 1. The van der Waals surface area contributed by atoms with Crippen molar-refractivity contribution in [2.75, 3.05) is 0 Å². The summed E-state index contributed by atoms with van der Waals surface area (Å²) in [6.07, 6.45) is 28.0. The van der Waals surface area contributed by atoms with Crippen LogP contribution in [-0.2, 0) is 0 Å². The van der Waals surface area contributed by atoms with Gasteiger partial charge in [-0.25, -0.2) is 0 Å². The van der Waals surface area contributed by atoms with Crippen LogP contribution in [0.4, 0.5) is 0 Å². The molecule has 1 N–H and O–H groups in total. The summed E-state index contributed by atoms with van der Waals surface area (Å²) in [5.41, 5.74) is 4.05. The first-order valence-electron chi connectivity index (χ1n) is 13.3. The summed E-state index contributed by atoms with van der Waals surface area (Å²) in [5, 5.41) is 13.6. The van der Waals surface area contributed by atoms with Gasteiger partial charge in [-0.1, -0.05) is 99.2 Å². The number of aromatic amines is 1. The summed E-state index contributed by atoms with van der Waals surface area (Å²) < 4.78 is 0. The van der Waals surface area contributed by atoms with E-state index in [0.717, 1.165) is 30.9 Å². The number of H-pyrrole nitrogens is 1. The van der Waals surface area contributed by atoms with Crippen LogP contribution >= 0.6 is 0 Å². The predicted molar refractivity (Wildman–Crippen MR) is 140 cm³/mol. The molecule has 1 aromatic carbocycles. The number of unbranched alkanes of at least 4 members (excludes halogenated alkanes) is 1. The van der Waals surface area contributed by atoms with Crippen molar-refractivity contribution in [2.24, 2.45) is 11.8 Å². The highest BCUT2D eigenvalue weighted by atomic mass is 15.1. The van der Waals surface area contributed by atoms with Crippen molar-refractivity contribution in [3.63, 3.8) is 0 Å². The minimum Gasteiger partial charge on any atom is -0.277 e. The molecule has 3 aliphatic rings. The van der Waals surface area contributed by atoms with E-state index in [-0.39, 0.29) is 0 Å². The van der Waals surface area contributed by atoms with E-state index in [1.54, 1.807) is 5.57 Å². The molecular weight excluding hydrogens is 400 g/mol. The Kier molecular flexibility index (Phi) is 7.09. The van der Waals surface area contributed by atoms with Gasteiger partial charge in [0, 0.05) is 10.8 Å². The molecule has 172 valence electrons. The zero-order valence-corrected chi connectivity index (χ0v) is 20.2. The van der Waals surface area contributed by atoms with E-state index in [1.165, 1.54) is 77.9 Å². The Morgan fingerprint density at radius 3 is 2.82 bits per heavy atom. The van der Waals surface area contributed by atoms with Crippen LogP contribution in [0.3, 0.4) is 0 Å². The summed E-state index contributed by atoms with van der Waals surface area (Å²) in [5.74, 6) is 1.48. The predicted octanol–water partition coefficient (Wildman–Crippen LogP) is 5.02. The quantitative estimate of drug-likeness (QED) is 0.674. The monoisotopic (exact) mass is 438 g/mol. The lowest BCUT2D eigenvalue weighted by atomic mass is 9.73. The molecule has 3 aliphatic carbocycles. The molecule has 2 nitrogen and oxygen atoms in total. The fourth-order valence-corrected chi connectivity index (χ4v) is 6.20. The zero-order chi connectivity index (χ0) is 22.5. The van der Waals surface area contributed by atoms with Crippen molar-refractivity contribution < 1.29 is 0 Å². The number of fused-ring (bicyclic) bond motifs is 2. The average Bonchev–Trinajstić information content (AvgIpc) is 3.13. The number of benzene rings is 1. The smallest absolute Gasteiger partial charge is 0.100 e. The molecule has 0 bridgehead atoms. The van der Waals surface area contributed by atoms with E-state index in [2.05, 4.69) is 72.7 Å². The lowest BCUT2D eigenvalue weighted by Crippen LogP contribution is -2.34. The van der Waals surface area contributed by atoms with Gasteiger partial charge < -0.3 is 0 Å². The number of nitrogens with zero attached hydrogens (tertiary/aromatic N) is 1. The van der Waals surface area contributed by atoms with Gasteiger partial charge in [0.1, 0.15) is 5.69 Å². The van der Waals surface area contributed by atoms with Gasteiger partial charge >= 0.3 is 0 Å². The average molecular weight is 439 g/mol. The largest absolute Gasteiger partial charge is 0.277 e. The van der Waals surface area contributed by atoms with E-state index < -0.39 is 0 Å². The minimum atomic E-state index is 0.663. The molecular formula is C31H38N2. The third-order valence-electron chi connectivity index (χ3n) is 7.88. The second-order valence-corrected chi connectivity index (χ2v) is 10.0. The van der Waals surface area contributed by atoms with E-state index in [4.69, 9.17) is 5.10 Å². The first-order valence-corrected chi connectivity index (χ1v) is 13.3. The summed E-state index contributed by atoms with van der Waals surface area (Å²) in [6, 6.07) is 8.84. The topological polar surface area (TPSA) is 28.7 Å².